The lowest BCUT2D eigenvalue weighted by Crippen LogP contribution is -2.28. The van der Waals surface area contributed by atoms with Crippen LogP contribution >= 0.6 is 12.4 Å². The van der Waals surface area contributed by atoms with E-state index < -0.39 is 0 Å². The summed E-state index contributed by atoms with van der Waals surface area (Å²) in [5.74, 6) is -0.0365. The van der Waals surface area contributed by atoms with Crippen LogP contribution in [0.15, 0.2) is 24.3 Å². The van der Waals surface area contributed by atoms with Gasteiger partial charge in [-0.2, -0.15) is 0 Å². The third kappa shape index (κ3) is 5.00. The van der Waals surface area contributed by atoms with Crippen molar-refractivity contribution in [3.63, 3.8) is 0 Å². The van der Waals surface area contributed by atoms with E-state index >= 15 is 0 Å². The van der Waals surface area contributed by atoms with Gasteiger partial charge in [0.15, 0.2) is 0 Å². The molecule has 0 unspecified atom stereocenters. The summed E-state index contributed by atoms with van der Waals surface area (Å²) in [6, 6.07) is 7.24. The van der Waals surface area contributed by atoms with E-state index in [9.17, 15) is 9.59 Å². The van der Waals surface area contributed by atoms with Crippen LogP contribution in [0.25, 0.3) is 0 Å². The fraction of sp³-hybridized carbons (Fsp3) is 0.500. The van der Waals surface area contributed by atoms with Crippen molar-refractivity contribution in [3.05, 3.63) is 29.8 Å². The van der Waals surface area contributed by atoms with Gasteiger partial charge in [-0.05, 0) is 45.0 Å². The quantitative estimate of drug-likeness (QED) is 0.789. The fourth-order valence-corrected chi connectivity index (χ4v) is 2.51. The van der Waals surface area contributed by atoms with Crippen LogP contribution in [0.5, 0.6) is 0 Å². The third-order valence-electron chi connectivity index (χ3n) is 3.66. The number of likely N-dealkylation sites (tertiary alicyclic amines) is 1. The highest BCUT2D eigenvalue weighted by atomic mass is 35.5. The van der Waals surface area contributed by atoms with E-state index in [1.165, 1.54) is 0 Å². The van der Waals surface area contributed by atoms with Gasteiger partial charge in [0.1, 0.15) is 0 Å². The zero-order chi connectivity index (χ0) is 15.1. The molecule has 1 fully saturated rings. The molecule has 0 saturated carbocycles. The maximum atomic E-state index is 12.5. The van der Waals surface area contributed by atoms with Crippen molar-refractivity contribution in [1.82, 2.24) is 10.2 Å². The van der Waals surface area contributed by atoms with Gasteiger partial charge >= 0.3 is 0 Å². The van der Waals surface area contributed by atoms with Gasteiger partial charge in [-0.15, -0.1) is 12.4 Å². The number of carbonyl (C=O) groups excluding carboxylic acids is 2. The lowest BCUT2D eigenvalue weighted by atomic mass is 10.1. The smallest absolute Gasteiger partial charge is 0.255 e. The number of rotatable bonds is 6. The number of benzene rings is 1. The molecule has 1 aliphatic rings. The van der Waals surface area contributed by atoms with Crippen molar-refractivity contribution >= 4 is 29.9 Å². The number of hydrogen-bond donors (Lipinski definition) is 2. The first-order valence-electron chi connectivity index (χ1n) is 7.55. The van der Waals surface area contributed by atoms with Crippen molar-refractivity contribution in [1.29, 1.82) is 0 Å². The summed E-state index contributed by atoms with van der Waals surface area (Å²) in [7, 11) is 1.86. The van der Waals surface area contributed by atoms with Crippen LogP contribution in [0, 0.1) is 0 Å². The molecule has 22 heavy (non-hydrogen) atoms. The summed E-state index contributed by atoms with van der Waals surface area (Å²) in [6.45, 7) is 2.42. The molecule has 1 heterocycles. The average Bonchev–Trinajstić information content (AvgIpc) is 3.01. The molecular weight excluding hydrogens is 302 g/mol. The highest BCUT2D eigenvalue weighted by molar-refractivity contribution is 6.03. The first-order chi connectivity index (χ1) is 10.2. The lowest BCUT2D eigenvalue weighted by molar-refractivity contribution is -0.116. The topological polar surface area (TPSA) is 61.4 Å². The summed E-state index contributed by atoms with van der Waals surface area (Å²) in [6.07, 6.45) is 3.35. The second kappa shape index (κ2) is 9.43. The Labute approximate surface area is 137 Å². The van der Waals surface area contributed by atoms with Crippen molar-refractivity contribution in [2.24, 2.45) is 0 Å². The second-order valence-corrected chi connectivity index (χ2v) is 5.30. The zero-order valence-electron chi connectivity index (χ0n) is 12.9. The monoisotopic (exact) mass is 325 g/mol. The van der Waals surface area contributed by atoms with E-state index in [0.717, 1.165) is 38.9 Å². The molecular formula is C16H24ClN3O2. The number of nitrogens with zero attached hydrogens (tertiary/aromatic N) is 1. The number of hydrogen-bond acceptors (Lipinski definition) is 3. The number of carbonyl (C=O) groups is 2. The minimum Gasteiger partial charge on any atom is -0.339 e. The molecule has 2 amide bonds. The molecule has 122 valence electrons. The Morgan fingerprint density at radius 1 is 1.18 bits per heavy atom. The summed E-state index contributed by atoms with van der Waals surface area (Å²) >= 11 is 0. The molecule has 0 aliphatic carbocycles. The van der Waals surface area contributed by atoms with Crippen molar-refractivity contribution in [3.8, 4) is 0 Å². The van der Waals surface area contributed by atoms with Gasteiger partial charge in [0.05, 0.1) is 11.3 Å². The van der Waals surface area contributed by atoms with Crippen LogP contribution in [0.4, 0.5) is 5.69 Å². The molecule has 1 saturated heterocycles. The first-order valence-corrected chi connectivity index (χ1v) is 7.55. The molecule has 1 aromatic carbocycles. The van der Waals surface area contributed by atoms with Crippen molar-refractivity contribution in [2.75, 3.05) is 32.0 Å². The van der Waals surface area contributed by atoms with Gasteiger partial charge < -0.3 is 15.5 Å². The van der Waals surface area contributed by atoms with E-state index in [-0.39, 0.29) is 24.2 Å². The second-order valence-electron chi connectivity index (χ2n) is 5.30. The van der Waals surface area contributed by atoms with Crippen LogP contribution in [0.1, 0.15) is 36.0 Å². The number of anilines is 1. The lowest BCUT2D eigenvalue weighted by Gasteiger charge is -2.18. The van der Waals surface area contributed by atoms with Gasteiger partial charge in [-0.25, -0.2) is 0 Å². The molecule has 0 aromatic heterocycles. The number of halogens is 1. The Bertz CT molecular complexity index is 502. The number of para-hydroxylation sites is 1. The van der Waals surface area contributed by atoms with Gasteiger partial charge in [-0.1, -0.05) is 12.1 Å². The Morgan fingerprint density at radius 3 is 2.55 bits per heavy atom. The van der Waals surface area contributed by atoms with Crippen LogP contribution in [0.2, 0.25) is 0 Å². The molecule has 0 atom stereocenters. The highest BCUT2D eigenvalue weighted by Crippen LogP contribution is 2.20. The highest BCUT2D eigenvalue weighted by Gasteiger charge is 2.22. The summed E-state index contributed by atoms with van der Waals surface area (Å²) < 4.78 is 0. The van der Waals surface area contributed by atoms with Crippen LogP contribution < -0.4 is 10.6 Å². The SMILES string of the molecule is CNCCCC(=O)Nc1ccccc1C(=O)N1CCCC1.Cl. The van der Waals surface area contributed by atoms with E-state index in [2.05, 4.69) is 10.6 Å². The van der Waals surface area contributed by atoms with Gasteiger partial charge in [0, 0.05) is 19.5 Å². The molecule has 5 nitrogen and oxygen atoms in total. The standard InChI is InChI=1S/C16H23N3O2.ClH/c1-17-10-6-9-15(20)18-14-8-3-2-7-13(14)16(21)19-11-4-5-12-19;/h2-3,7-8,17H,4-6,9-12H2,1H3,(H,18,20);1H. The normalized spacial score (nSPS) is 13.6. The fourth-order valence-electron chi connectivity index (χ4n) is 2.51. The Hall–Kier alpha value is -1.59. The van der Waals surface area contributed by atoms with E-state index in [1.807, 2.05) is 24.1 Å². The van der Waals surface area contributed by atoms with E-state index in [1.54, 1.807) is 12.1 Å². The van der Waals surface area contributed by atoms with Gasteiger partial charge in [-0.3, -0.25) is 9.59 Å². The van der Waals surface area contributed by atoms with Crippen molar-refractivity contribution < 1.29 is 9.59 Å². The molecule has 6 heteroatoms. The molecule has 1 aliphatic heterocycles. The van der Waals surface area contributed by atoms with Crippen molar-refractivity contribution in [2.45, 2.75) is 25.7 Å². The Kier molecular flexibility index (Phi) is 7.91. The Morgan fingerprint density at radius 2 is 1.86 bits per heavy atom. The van der Waals surface area contributed by atoms with Gasteiger partial charge in [0.2, 0.25) is 5.91 Å². The maximum Gasteiger partial charge on any atom is 0.255 e. The van der Waals surface area contributed by atoms with E-state index in [0.29, 0.717) is 17.7 Å². The summed E-state index contributed by atoms with van der Waals surface area (Å²) in [5, 5.41) is 5.87. The number of amides is 2. The first kappa shape index (κ1) is 18.5. The minimum atomic E-state index is -0.0491. The molecule has 2 N–H and O–H groups in total. The maximum absolute atomic E-state index is 12.5. The predicted molar refractivity (Wildman–Crippen MR) is 90.6 cm³/mol. The third-order valence-corrected chi connectivity index (χ3v) is 3.66. The molecule has 2 rings (SSSR count). The van der Waals surface area contributed by atoms with Crippen LogP contribution in [-0.4, -0.2) is 43.4 Å². The largest absolute Gasteiger partial charge is 0.339 e. The summed E-state index contributed by atoms with van der Waals surface area (Å²) in [4.78, 5) is 26.2. The van der Waals surface area contributed by atoms with Crippen LogP contribution in [0.3, 0.4) is 0 Å². The average molecular weight is 326 g/mol. The minimum absolute atomic E-state index is 0. The van der Waals surface area contributed by atoms with E-state index in [4.69, 9.17) is 0 Å². The molecule has 0 bridgehead atoms. The van der Waals surface area contributed by atoms with Crippen LogP contribution in [-0.2, 0) is 4.79 Å². The van der Waals surface area contributed by atoms with Gasteiger partial charge in [0.25, 0.3) is 5.91 Å². The molecule has 1 aromatic rings. The Balaban J connectivity index is 0.00000242. The number of nitrogens with one attached hydrogen (secondary N) is 2. The zero-order valence-corrected chi connectivity index (χ0v) is 13.7. The predicted octanol–water partition coefficient (Wildman–Crippen LogP) is 2.28. The molecule has 0 spiro atoms. The summed E-state index contributed by atoms with van der Waals surface area (Å²) in [5.41, 5.74) is 1.20. The molecule has 0 radical (unpaired) electrons.